The third kappa shape index (κ3) is 5.94. The second-order valence-corrected chi connectivity index (χ2v) is 7.11. The first-order chi connectivity index (χ1) is 10.3. The number of piperidine rings is 1. The molecule has 132 valence electrons. The Labute approximate surface area is 154 Å². The number of halogens is 2. The molecule has 2 fully saturated rings. The summed E-state index contributed by atoms with van der Waals surface area (Å²) in [6.45, 7) is 4.81. The summed E-state index contributed by atoms with van der Waals surface area (Å²) in [6, 6.07) is 11.1. The Morgan fingerprint density at radius 3 is 1.96 bits per heavy atom. The lowest BCUT2D eigenvalue weighted by Crippen LogP contribution is -2.37. The molecule has 0 aromatic heterocycles. The topological polar surface area (TPSA) is 29.3 Å². The molecule has 0 atom stereocenters. The van der Waals surface area contributed by atoms with Crippen molar-refractivity contribution < 1.29 is 0 Å². The molecule has 2 aliphatic rings. The average molecular weight is 359 g/mol. The van der Waals surface area contributed by atoms with Crippen LogP contribution in [0.2, 0.25) is 0 Å². The van der Waals surface area contributed by atoms with Crippen LogP contribution in [-0.4, -0.2) is 31.1 Å². The number of rotatable bonds is 4. The van der Waals surface area contributed by atoms with Crippen molar-refractivity contribution in [1.82, 2.24) is 4.90 Å². The summed E-state index contributed by atoms with van der Waals surface area (Å²) >= 11 is 0. The molecule has 1 aromatic carbocycles. The lowest BCUT2D eigenvalue weighted by Gasteiger charge is -2.36. The van der Waals surface area contributed by atoms with E-state index in [9.17, 15) is 0 Å². The summed E-state index contributed by atoms with van der Waals surface area (Å²) in [5, 5.41) is 0. The number of nitrogens with two attached hydrogens (primary N) is 1. The normalized spacial score (nSPS) is 26.1. The van der Waals surface area contributed by atoms with Crippen LogP contribution < -0.4 is 5.73 Å². The highest BCUT2D eigenvalue weighted by atomic mass is 35.5. The maximum absolute atomic E-state index is 5.79. The van der Waals surface area contributed by atoms with E-state index in [-0.39, 0.29) is 24.8 Å². The zero-order valence-electron chi connectivity index (χ0n) is 14.0. The van der Waals surface area contributed by atoms with Gasteiger partial charge in [0.15, 0.2) is 0 Å². The molecule has 1 aliphatic carbocycles. The van der Waals surface area contributed by atoms with Gasteiger partial charge in [-0.05, 0) is 81.5 Å². The summed E-state index contributed by atoms with van der Waals surface area (Å²) in [6.07, 6.45) is 8.20. The largest absolute Gasteiger partial charge is 0.330 e. The van der Waals surface area contributed by atoms with Gasteiger partial charge in [0.25, 0.3) is 0 Å². The van der Waals surface area contributed by atoms with Crippen molar-refractivity contribution in [1.29, 1.82) is 0 Å². The van der Waals surface area contributed by atoms with Gasteiger partial charge in [-0.2, -0.15) is 0 Å². The lowest BCUT2D eigenvalue weighted by molar-refractivity contribution is 0.152. The minimum atomic E-state index is 0. The van der Waals surface area contributed by atoms with E-state index in [2.05, 4.69) is 35.2 Å². The number of likely N-dealkylation sites (tertiary alicyclic amines) is 1. The monoisotopic (exact) mass is 358 g/mol. The molecule has 1 saturated carbocycles. The van der Waals surface area contributed by atoms with Crippen molar-refractivity contribution >= 4 is 24.8 Å². The third-order valence-corrected chi connectivity index (χ3v) is 5.67. The van der Waals surface area contributed by atoms with Crippen molar-refractivity contribution in [2.45, 2.75) is 44.4 Å². The number of hydrogen-bond acceptors (Lipinski definition) is 2. The van der Waals surface area contributed by atoms with Crippen LogP contribution in [0.5, 0.6) is 0 Å². The fourth-order valence-electron chi connectivity index (χ4n) is 4.19. The Bertz CT molecular complexity index is 411. The third-order valence-electron chi connectivity index (χ3n) is 5.67. The fourth-order valence-corrected chi connectivity index (χ4v) is 4.19. The molecule has 1 saturated heterocycles. The molecule has 0 amide bonds. The van der Waals surface area contributed by atoms with E-state index in [1.54, 1.807) is 5.56 Å². The van der Waals surface area contributed by atoms with E-state index < -0.39 is 0 Å². The first kappa shape index (κ1) is 20.8. The second-order valence-electron chi connectivity index (χ2n) is 7.11. The first-order valence-electron chi connectivity index (χ1n) is 8.82. The van der Waals surface area contributed by atoms with Gasteiger partial charge in [-0.1, -0.05) is 30.3 Å². The molecule has 1 aromatic rings. The summed E-state index contributed by atoms with van der Waals surface area (Å²) in [5.74, 6) is 2.53. The molecule has 3 rings (SSSR count). The summed E-state index contributed by atoms with van der Waals surface area (Å²) in [4.78, 5) is 2.72. The maximum Gasteiger partial charge on any atom is 0.000967 e. The molecule has 0 radical (unpaired) electrons. The summed E-state index contributed by atoms with van der Waals surface area (Å²) in [7, 11) is 0. The van der Waals surface area contributed by atoms with Crippen LogP contribution in [0.4, 0.5) is 0 Å². The van der Waals surface area contributed by atoms with Gasteiger partial charge >= 0.3 is 0 Å². The molecule has 0 bridgehead atoms. The van der Waals surface area contributed by atoms with Gasteiger partial charge in [0.05, 0.1) is 0 Å². The summed E-state index contributed by atoms with van der Waals surface area (Å²) in [5.41, 5.74) is 7.34. The van der Waals surface area contributed by atoms with Crippen LogP contribution in [0.1, 0.15) is 50.0 Å². The smallest absolute Gasteiger partial charge is 0.000967 e. The van der Waals surface area contributed by atoms with Crippen molar-refractivity contribution in [3.8, 4) is 0 Å². The van der Waals surface area contributed by atoms with Gasteiger partial charge in [0, 0.05) is 6.54 Å². The predicted molar refractivity (Wildman–Crippen MR) is 104 cm³/mol. The van der Waals surface area contributed by atoms with E-state index in [0.717, 1.165) is 24.3 Å². The highest BCUT2D eigenvalue weighted by Gasteiger charge is 2.25. The van der Waals surface area contributed by atoms with Crippen molar-refractivity contribution in [3.05, 3.63) is 35.9 Å². The van der Waals surface area contributed by atoms with E-state index in [1.807, 2.05) is 0 Å². The van der Waals surface area contributed by atoms with Crippen LogP contribution in [0.25, 0.3) is 0 Å². The predicted octanol–water partition coefficient (Wildman–Crippen LogP) is 4.47. The number of hydrogen-bond donors (Lipinski definition) is 1. The second kappa shape index (κ2) is 10.6. The summed E-state index contributed by atoms with van der Waals surface area (Å²) < 4.78 is 0. The van der Waals surface area contributed by atoms with Crippen molar-refractivity contribution in [3.63, 3.8) is 0 Å². The van der Waals surface area contributed by atoms with Crippen molar-refractivity contribution in [2.75, 3.05) is 26.2 Å². The maximum atomic E-state index is 5.79. The zero-order valence-corrected chi connectivity index (χ0v) is 15.7. The Kier molecular flexibility index (Phi) is 9.53. The van der Waals surface area contributed by atoms with E-state index in [0.29, 0.717) is 0 Å². The van der Waals surface area contributed by atoms with Gasteiger partial charge in [-0.3, -0.25) is 0 Å². The Hall–Kier alpha value is -0.280. The highest BCUT2D eigenvalue weighted by molar-refractivity contribution is 5.85. The molecule has 23 heavy (non-hydrogen) atoms. The molecule has 0 spiro atoms. The highest BCUT2D eigenvalue weighted by Crippen LogP contribution is 2.31. The van der Waals surface area contributed by atoms with Gasteiger partial charge in [0.1, 0.15) is 0 Å². The van der Waals surface area contributed by atoms with Crippen LogP contribution >= 0.6 is 24.8 Å². The molecule has 1 aliphatic heterocycles. The van der Waals surface area contributed by atoms with Crippen molar-refractivity contribution in [2.24, 2.45) is 17.6 Å². The Morgan fingerprint density at radius 1 is 0.826 bits per heavy atom. The molecule has 2 nitrogen and oxygen atoms in total. The number of nitrogens with zero attached hydrogens (tertiary/aromatic N) is 1. The van der Waals surface area contributed by atoms with Crippen LogP contribution in [-0.2, 0) is 0 Å². The van der Waals surface area contributed by atoms with Crippen LogP contribution in [0, 0.1) is 11.8 Å². The average Bonchev–Trinajstić information content (AvgIpc) is 2.57. The van der Waals surface area contributed by atoms with Gasteiger partial charge in [0.2, 0.25) is 0 Å². The Morgan fingerprint density at radius 2 is 1.39 bits per heavy atom. The quantitative estimate of drug-likeness (QED) is 0.859. The van der Waals surface area contributed by atoms with E-state index in [4.69, 9.17) is 5.73 Å². The molecular formula is C19H32Cl2N2. The van der Waals surface area contributed by atoms with Gasteiger partial charge in [-0.25, -0.2) is 0 Å². The first-order valence-corrected chi connectivity index (χ1v) is 8.82. The lowest BCUT2D eigenvalue weighted by atomic mass is 9.81. The standard InChI is InChI=1S/C19H30N2.2ClH/c20-14-16-6-8-17(9-7-16)15-21-12-10-19(11-13-21)18-4-2-1-3-5-18;;/h1-5,16-17,19H,6-15,20H2;2*1H. The minimum absolute atomic E-state index is 0. The zero-order chi connectivity index (χ0) is 14.5. The molecule has 0 unspecified atom stereocenters. The molecular weight excluding hydrogens is 327 g/mol. The fraction of sp³-hybridized carbons (Fsp3) is 0.684. The molecule has 2 N–H and O–H groups in total. The molecule has 1 heterocycles. The van der Waals surface area contributed by atoms with Crippen LogP contribution in [0.15, 0.2) is 30.3 Å². The van der Waals surface area contributed by atoms with E-state index >= 15 is 0 Å². The van der Waals surface area contributed by atoms with Gasteiger partial charge < -0.3 is 10.6 Å². The SMILES string of the molecule is Cl.Cl.NCC1CCC(CN2CCC(c3ccccc3)CC2)CC1. The minimum Gasteiger partial charge on any atom is -0.330 e. The van der Waals surface area contributed by atoms with E-state index in [1.165, 1.54) is 58.2 Å². The Balaban J connectivity index is 0.00000132. The number of benzene rings is 1. The molecule has 4 heteroatoms. The van der Waals surface area contributed by atoms with Gasteiger partial charge in [-0.15, -0.1) is 24.8 Å². The van der Waals surface area contributed by atoms with Crippen LogP contribution in [0.3, 0.4) is 0 Å².